The summed E-state index contributed by atoms with van der Waals surface area (Å²) in [6.45, 7) is 2.87. The van der Waals surface area contributed by atoms with Gasteiger partial charge >= 0.3 is 0 Å². The highest BCUT2D eigenvalue weighted by atomic mass is 35.5. The number of nitrogens with zero attached hydrogens (tertiary/aromatic N) is 2. The topological polar surface area (TPSA) is 129 Å². The SMILES string of the molecule is CC(=O)c1ccc(N2C(=O)[C@H]3[C@H](CC=C4[C@H]3C[C@H]3C(=O)N(c5ccc(C(C)=O)cc5)C(=O)[C@H]3[C@H]4c3ccc(O)cc3Cl)C2=O)cc1. The molecule has 0 spiro atoms. The molecule has 2 saturated heterocycles. The first kappa shape index (κ1) is 29.8. The third-order valence-electron chi connectivity index (χ3n) is 10.0. The predicted octanol–water partition coefficient (Wildman–Crippen LogP) is 5.50. The third-order valence-corrected chi connectivity index (χ3v) is 10.4. The molecule has 2 heterocycles. The van der Waals surface area contributed by atoms with Crippen LogP contribution < -0.4 is 9.80 Å². The molecular weight excluding hydrogens is 608 g/mol. The number of phenolic OH excluding ortho intramolecular Hbond substituents is 1. The normalized spacial score (nSPS) is 26.9. The van der Waals surface area contributed by atoms with Gasteiger partial charge in [-0.15, -0.1) is 0 Å². The van der Waals surface area contributed by atoms with Crippen LogP contribution in [0.1, 0.15) is 58.9 Å². The van der Waals surface area contributed by atoms with E-state index in [2.05, 4.69) is 0 Å². The number of carbonyl (C=O) groups excluding carboxylic acids is 6. The van der Waals surface area contributed by atoms with E-state index in [1.165, 1.54) is 30.9 Å². The number of amides is 4. The van der Waals surface area contributed by atoms with E-state index in [0.717, 1.165) is 10.5 Å². The molecule has 232 valence electrons. The number of hydrogen-bond acceptors (Lipinski definition) is 7. The number of carbonyl (C=O) groups is 6. The first-order valence-electron chi connectivity index (χ1n) is 15.1. The number of allylic oxidation sites excluding steroid dienone is 2. The second-order valence-corrected chi connectivity index (χ2v) is 12.9. The molecule has 0 radical (unpaired) electrons. The molecule has 7 rings (SSSR count). The third kappa shape index (κ3) is 4.44. The molecule has 3 aromatic carbocycles. The Labute approximate surface area is 269 Å². The van der Waals surface area contributed by atoms with Crippen molar-refractivity contribution >= 4 is 58.2 Å². The molecule has 46 heavy (non-hydrogen) atoms. The maximum Gasteiger partial charge on any atom is 0.238 e. The molecule has 9 nitrogen and oxygen atoms in total. The highest BCUT2D eigenvalue weighted by Gasteiger charge is 2.62. The summed E-state index contributed by atoms with van der Waals surface area (Å²) in [6, 6.07) is 17.1. The van der Waals surface area contributed by atoms with Crippen LogP contribution >= 0.6 is 11.6 Å². The van der Waals surface area contributed by atoms with Crippen LogP contribution in [-0.2, 0) is 19.2 Å². The van der Waals surface area contributed by atoms with Gasteiger partial charge in [-0.3, -0.25) is 38.6 Å². The molecule has 0 aromatic heterocycles. The van der Waals surface area contributed by atoms with Crippen molar-refractivity contribution in [1.82, 2.24) is 0 Å². The van der Waals surface area contributed by atoms with Crippen molar-refractivity contribution in [3.05, 3.63) is 100 Å². The largest absolute Gasteiger partial charge is 0.508 e. The Morgan fingerprint density at radius 1 is 0.696 bits per heavy atom. The van der Waals surface area contributed by atoms with Crippen molar-refractivity contribution in [1.29, 1.82) is 0 Å². The fourth-order valence-corrected chi connectivity index (χ4v) is 8.20. The van der Waals surface area contributed by atoms with Crippen LogP contribution in [0, 0.1) is 29.6 Å². The van der Waals surface area contributed by atoms with E-state index in [-0.39, 0.29) is 47.0 Å². The maximum absolute atomic E-state index is 14.2. The van der Waals surface area contributed by atoms with Crippen LogP contribution in [0.3, 0.4) is 0 Å². The molecule has 4 amide bonds. The number of hydrogen-bond donors (Lipinski definition) is 1. The fourth-order valence-electron chi connectivity index (χ4n) is 7.90. The summed E-state index contributed by atoms with van der Waals surface area (Å²) in [5, 5.41) is 10.3. The Morgan fingerprint density at radius 3 is 1.74 bits per heavy atom. The van der Waals surface area contributed by atoms with Gasteiger partial charge in [0.1, 0.15) is 5.75 Å². The maximum atomic E-state index is 14.2. The van der Waals surface area contributed by atoms with Crippen LogP contribution in [0.15, 0.2) is 78.4 Å². The Bertz CT molecular complexity index is 1900. The zero-order valence-electron chi connectivity index (χ0n) is 25.0. The molecule has 0 unspecified atom stereocenters. The van der Waals surface area contributed by atoms with E-state index < -0.39 is 47.3 Å². The van der Waals surface area contributed by atoms with Gasteiger partial charge < -0.3 is 5.11 Å². The number of ketones is 2. The molecule has 2 aliphatic carbocycles. The van der Waals surface area contributed by atoms with Crippen molar-refractivity contribution in [2.45, 2.75) is 32.6 Å². The van der Waals surface area contributed by atoms with Gasteiger partial charge in [0.05, 0.1) is 35.0 Å². The second-order valence-electron chi connectivity index (χ2n) is 12.5. The summed E-state index contributed by atoms with van der Waals surface area (Å²) in [7, 11) is 0. The van der Waals surface area contributed by atoms with Crippen LogP contribution in [-0.4, -0.2) is 40.3 Å². The van der Waals surface area contributed by atoms with Gasteiger partial charge in [0, 0.05) is 22.1 Å². The quantitative estimate of drug-likeness (QED) is 0.223. The van der Waals surface area contributed by atoms with Gasteiger partial charge in [-0.05, 0) is 98.8 Å². The zero-order chi connectivity index (χ0) is 32.6. The van der Waals surface area contributed by atoms with Gasteiger partial charge in [-0.25, -0.2) is 0 Å². The lowest BCUT2D eigenvalue weighted by Gasteiger charge is -2.44. The number of halogens is 1. The smallest absolute Gasteiger partial charge is 0.238 e. The first-order valence-corrected chi connectivity index (χ1v) is 15.5. The predicted molar refractivity (Wildman–Crippen MR) is 169 cm³/mol. The molecule has 4 aliphatic rings. The summed E-state index contributed by atoms with van der Waals surface area (Å²) in [5.41, 5.74) is 2.94. The number of anilines is 2. The van der Waals surface area contributed by atoms with Crippen LogP contribution in [0.2, 0.25) is 5.02 Å². The average Bonchev–Trinajstić information content (AvgIpc) is 3.44. The number of aromatic hydroxyl groups is 1. The minimum absolute atomic E-state index is 0.0561. The number of imide groups is 2. The average molecular weight is 637 g/mol. The Balaban J connectivity index is 1.31. The highest BCUT2D eigenvalue weighted by molar-refractivity contribution is 6.32. The molecule has 0 bridgehead atoms. The van der Waals surface area contributed by atoms with Crippen molar-refractivity contribution in [2.75, 3.05) is 9.80 Å². The molecule has 1 saturated carbocycles. The first-order chi connectivity index (χ1) is 22.0. The Morgan fingerprint density at radius 2 is 1.22 bits per heavy atom. The van der Waals surface area contributed by atoms with E-state index in [4.69, 9.17) is 11.6 Å². The highest BCUT2D eigenvalue weighted by Crippen LogP contribution is 2.59. The fraction of sp³-hybridized carbons (Fsp3) is 0.278. The van der Waals surface area contributed by atoms with Crippen LogP contribution in [0.5, 0.6) is 5.75 Å². The lowest BCUT2D eigenvalue weighted by molar-refractivity contribution is -0.126. The summed E-state index contributed by atoms with van der Waals surface area (Å²) in [6.07, 6.45) is 2.38. The molecule has 3 aromatic rings. The summed E-state index contributed by atoms with van der Waals surface area (Å²) in [5.74, 6) is -6.14. The van der Waals surface area contributed by atoms with E-state index in [0.29, 0.717) is 28.1 Å². The number of fused-ring (bicyclic) bond motifs is 4. The Hall–Kier alpha value is -4.89. The van der Waals surface area contributed by atoms with E-state index in [1.807, 2.05) is 6.08 Å². The van der Waals surface area contributed by atoms with Crippen molar-refractivity contribution in [2.24, 2.45) is 29.6 Å². The number of Topliss-reactive ketones (excluding diaryl/α,β-unsaturated/α-hetero) is 2. The van der Waals surface area contributed by atoms with Crippen LogP contribution in [0.4, 0.5) is 11.4 Å². The monoisotopic (exact) mass is 636 g/mol. The lowest BCUT2D eigenvalue weighted by Crippen LogP contribution is -2.43. The minimum Gasteiger partial charge on any atom is -0.508 e. The summed E-state index contributed by atoms with van der Waals surface area (Å²) < 4.78 is 0. The van der Waals surface area contributed by atoms with Gasteiger partial charge in [0.25, 0.3) is 0 Å². The molecule has 2 aliphatic heterocycles. The van der Waals surface area contributed by atoms with Crippen LogP contribution in [0.25, 0.3) is 0 Å². The molecule has 3 fully saturated rings. The van der Waals surface area contributed by atoms with Crippen molar-refractivity contribution in [3.63, 3.8) is 0 Å². The summed E-state index contributed by atoms with van der Waals surface area (Å²) in [4.78, 5) is 82.2. The summed E-state index contributed by atoms with van der Waals surface area (Å²) >= 11 is 6.69. The number of rotatable bonds is 5. The number of phenols is 1. The standard InChI is InChI=1S/C36H29ClN2O7/c1-17(40)19-3-7-21(8-4-19)38-33(43)26-14-13-24-27(31(26)35(38)45)16-28-32(30(24)25-12-11-23(42)15-29(25)37)36(46)39(34(28)44)22-9-5-20(6-10-22)18(2)41/h3-13,15,26-28,30-32,42H,14,16H2,1-2H3/t26-,27+,28+,30+,31-,32+/m0/s1. The van der Waals surface area contributed by atoms with Crippen molar-refractivity contribution in [3.8, 4) is 5.75 Å². The van der Waals surface area contributed by atoms with Gasteiger partial charge in [-0.2, -0.15) is 0 Å². The van der Waals surface area contributed by atoms with Gasteiger partial charge in [0.2, 0.25) is 23.6 Å². The molecular formula is C36H29ClN2O7. The number of benzene rings is 3. The van der Waals surface area contributed by atoms with Gasteiger partial charge in [-0.1, -0.05) is 29.3 Å². The second kappa shape index (κ2) is 10.9. The van der Waals surface area contributed by atoms with E-state index in [9.17, 15) is 33.9 Å². The van der Waals surface area contributed by atoms with Gasteiger partial charge in [0.15, 0.2) is 11.6 Å². The van der Waals surface area contributed by atoms with E-state index >= 15 is 0 Å². The molecule has 10 heteroatoms. The zero-order valence-corrected chi connectivity index (χ0v) is 25.7. The molecule has 6 atom stereocenters. The van der Waals surface area contributed by atoms with Crippen molar-refractivity contribution < 1.29 is 33.9 Å². The minimum atomic E-state index is -0.830. The molecule has 1 N–H and O–H groups in total. The lowest BCUT2D eigenvalue weighted by atomic mass is 9.57. The van der Waals surface area contributed by atoms with E-state index in [1.54, 1.807) is 54.6 Å². The Kier molecular flexibility index (Phi) is 7.05.